The van der Waals surface area contributed by atoms with Crippen molar-refractivity contribution in [2.24, 2.45) is 0 Å². The van der Waals surface area contributed by atoms with Crippen LogP contribution >= 0.6 is 46.1 Å². The van der Waals surface area contributed by atoms with E-state index in [0.717, 1.165) is 21.3 Å². The Bertz CT molecular complexity index is 783. The third-order valence-corrected chi connectivity index (χ3v) is 4.93. The Balaban J connectivity index is 2.27. The number of fused-ring (bicyclic) bond motifs is 1. The summed E-state index contributed by atoms with van der Waals surface area (Å²) in [4.78, 5) is 9.63. The van der Waals surface area contributed by atoms with Crippen LogP contribution in [0, 0.1) is 6.92 Å². The summed E-state index contributed by atoms with van der Waals surface area (Å²) in [5, 5.41) is 4.37. The standard InChI is InChI=1S/C13H7Cl3N2S/c1-6-5-19-11(10(6)15)13-17-9-3-2-7(14)4-8(9)12(16)18-13/h2-5H,1H3. The maximum atomic E-state index is 6.24. The first-order valence-electron chi connectivity index (χ1n) is 5.43. The topological polar surface area (TPSA) is 25.8 Å². The van der Waals surface area contributed by atoms with Gasteiger partial charge in [-0.1, -0.05) is 34.8 Å². The van der Waals surface area contributed by atoms with Crippen LogP contribution in [0.1, 0.15) is 5.56 Å². The maximum Gasteiger partial charge on any atom is 0.173 e. The second-order valence-corrected chi connectivity index (χ2v) is 6.11. The lowest BCUT2D eigenvalue weighted by Gasteiger charge is -2.04. The summed E-state index contributed by atoms with van der Waals surface area (Å²) in [7, 11) is 0. The molecule has 0 radical (unpaired) electrons. The zero-order valence-corrected chi connectivity index (χ0v) is 12.8. The van der Waals surface area contributed by atoms with Gasteiger partial charge >= 0.3 is 0 Å². The van der Waals surface area contributed by atoms with Crippen LogP contribution in [-0.4, -0.2) is 9.97 Å². The van der Waals surface area contributed by atoms with Crippen molar-refractivity contribution in [2.45, 2.75) is 6.92 Å². The van der Waals surface area contributed by atoms with Gasteiger partial charge < -0.3 is 0 Å². The minimum Gasteiger partial charge on any atom is -0.227 e. The average molecular weight is 330 g/mol. The van der Waals surface area contributed by atoms with Gasteiger partial charge in [-0.15, -0.1) is 11.3 Å². The van der Waals surface area contributed by atoms with Gasteiger partial charge in [-0.25, -0.2) is 9.97 Å². The zero-order chi connectivity index (χ0) is 13.6. The molecule has 0 aliphatic heterocycles. The van der Waals surface area contributed by atoms with Crippen LogP contribution in [-0.2, 0) is 0 Å². The van der Waals surface area contributed by atoms with Crippen LogP contribution in [0.3, 0.4) is 0 Å². The predicted molar refractivity (Wildman–Crippen MR) is 82.6 cm³/mol. The molecule has 3 aromatic rings. The van der Waals surface area contributed by atoms with E-state index in [1.54, 1.807) is 12.1 Å². The first-order chi connectivity index (χ1) is 9.06. The second-order valence-electron chi connectivity index (χ2n) is 4.06. The van der Waals surface area contributed by atoms with Crippen LogP contribution in [0.5, 0.6) is 0 Å². The van der Waals surface area contributed by atoms with Crippen LogP contribution in [0.2, 0.25) is 15.2 Å². The van der Waals surface area contributed by atoms with Crippen molar-refractivity contribution in [1.82, 2.24) is 9.97 Å². The van der Waals surface area contributed by atoms with E-state index in [1.807, 2.05) is 18.4 Å². The molecular formula is C13H7Cl3N2S. The molecule has 2 aromatic heterocycles. The number of rotatable bonds is 1. The summed E-state index contributed by atoms with van der Waals surface area (Å²) in [6, 6.07) is 5.35. The van der Waals surface area contributed by atoms with E-state index in [4.69, 9.17) is 34.8 Å². The van der Waals surface area contributed by atoms with Crippen molar-refractivity contribution < 1.29 is 0 Å². The molecular weight excluding hydrogens is 323 g/mol. The van der Waals surface area contributed by atoms with E-state index in [9.17, 15) is 0 Å². The number of hydrogen-bond donors (Lipinski definition) is 0. The highest BCUT2D eigenvalue weighted by atomic mass is 35.5. The fraction of sp³-hybridized carbons (Fsp3) is 0.0769. The molecule has 0 aliphatic rings. The Morgan fingerprint density at radius 3 is 2.58 bits per heavy atom. The van der Waals surface area contributed by atoms with E-state index in [-0.39, 0.29) is 0 Å². The smallest absolute Gasteiger partial charge is 0.173 e. The van der Waals surface area contributed by atoms with Gasteiger partial charge in [0.2, 0.25) is 0 Å². The number of aryl methyl sites for hydroxylation is 1. The fourth-order valence-electron chi connectivity index (χ4n) is 1.75. The lowest BCUT2D eigenvalue weighted by molar-refractivity contribution is 1.24. The first-order valence-corrected chi connectivity index (χ1v) is 7.44. The molecule has 6 heteroatoms. The summed E-state index contributed by atoms with van der Waals surface area (Å²) in [6.45, 7) is 1.95. The molecule has 0 saturated heterocycles. The van der Waals surface area contributed by atoms with E-state index in [0.29, 0.717) is 21.0 Å². The quantitative estimate of drug-likeness (QED) is 0.541. The van der Waals surface area contributed by atoms with Gasteiger partial charge in [0, 0.05) is 10.4 Å². The van der Waals surface area contributed by atoms with Crippen molar-refractivity contribution in [3.63, 3.8) is 0 Å². The van der Waals surface area contributed by atoms with Crippen molar-refractivity contribution in [2.75, 3.05) is 0 Å². The van der Waals surface area contributed by atoms with E-state index in [2.05, 4.69) is 9.97 Å². The molecule has 0 saturated carbocycles. The summed E-state index contributed by atoms with van der Waals surface area (Å²) in [5.41, 5.74) is 1.76. The molecule has 0 atom stereocenters. The van der Waals surface area contributed by atoms with Gasteiger partial charge in [-0.3, -0.25) is 0 Å². The van der Waals surface area contributed by atoms with Crippen molar-refractivity contribution in [3.8, 4) is 10.7 Å². The molecule has 19 heavy (non-hydrogen) atoms. The summed E-state index contributed by atoms with van der Waals surface area (Å²) < 4.78 is 0. The van der Waals surface area contributed by atoms with Crippen molar-refractivity contribution in [3.05, 3.63) is 44.3 Å². The number of aromatic nitrogens is 2. The number of halogens is 3. The van der Waals surface area contributed by atoms with Gasteiger partial charge in [0.1, 0.15) is 5.15 Å². The predicted octanol–water partition coefficient (Wildman–Crippen LogP) is 5.63. The Labute approximate surface area is 129 Å². The molecule has 96 valence electrons. The van der Waals surface area contributed by atoms with Crippen LogP contribution in [0.15, 0.2) is 23.6 Å². The van der Waals surface area contributed by atoms with Crippen molar-refractivity contribution in [1.29, 1.82) is 0 Å². The molecule has 0 spiro atoms. The van der Waals surface area contributed by atoms with Gasteiger partial charge in [0.15, 0.2) is 5.82 Å². The molecule has 2 nitrogen and oxygen atoms in total. The third-order valence-electron chi connectivity index (χ3n) is 2.71. The normalized spacial score (nSPS) is 11.2. The highest BCUT2D eigenvalue weighted by molar-refractivity contribution is 7.14. The number of benzene rings is 1. The Morgan fingerprint density at radius 1 is 1.11 bits per heavy atom. The largest absolute Gasteiger partial charge is 0.227 e. The molecule has 1 aromatic carbocycles. The number of thiophene rings is 1. The van der Waals surface area contributed by atoms with Gasteiger partial charge in [0.05, 0.1) is 15.4 Å². The Hall–Kier alpha value is -0.870. The number of hydrogen-bond acceptors (Lipinski definition) is 3. The molecule has 0 amide bonds. The maximum absolute atomic E-state index is 6.24. The Morgan fingerprint density at radius 2 is 1.89 bits per heavy atom. The SMILES string of the molecule is Cc1csc(-c2nc(Cl)c3cc(Cl)ccc3n2)c1Cl. The minimum absolute atomic E-state index is 0.379. The monoisotopic (exact) mass is 328 g/mol. The molecule has 0 unspecified atom stereocenters. The molecule has 2 heterocycles. The fourth-order valence-corrected chi connectivity index (χ4v) is 3.36. The summed E-state index contributed by atoms with van der Waals surface area (Å²) >= 11 is 19.9. The second kappa shape index (κ2) is 4.91. The minimum atomic E-state index is 0.379. The molecule has 3 rings (SSSR count). The van der Waals surface area contributed by atoms with Crippen LogP contribution < -0.4 is 0 Å². The molecule has 0 fully saturated rings. The molecule has 0 aliphatic carbocycles. The van der Waals surface area contributed by atoms with Gasteiger partial charge in [0.25, 0.3) is 0 Å². The number of nitrogens with zero attached hydrogens (tertiary/aromatic N) is 2. The highest BCUT2D eigenvalue weighted by Crippen LogP contribution is 2.36. The zero-order valence-electron chi connectivity index (χ0n) is 9.75. The lowest BCUT2D eigenvalue weighted by atomic mass is 10.2. The molecule has 0 bridgehead atoms. The summed E-state index contributed by atoms with van der Waals surface area (Å²) in [5.74, 6) is 0.544. The third kappa shape index (κ3) is 2.32. The molecule has 0 N–H and O–H groups in total. The van der Waals surface area contributed by atoms with Crippen LogP contribution in [0.25, 0.3) is 21.6 Å². The van der Waals surface area contributed by atoms with E-state index in [1.165, 1.54) is 11.3 Å². The lowest BCUT2D eigenvalue weighted by Crippen LogP contribution is -1.90. The van der Waals surface area contributed by atoms with Gasteiger partial charge in [-0.05, 0) is 36.1 Å². The van der Waals surface area contributed by atoms with Gasteiger partial charge in [-0.2, -0.15) is 0 Å². The van der Waals surface area contributed by atoms with E-state index >= 15 is 0 Å². The summed E-state index contributed by atoms with van der Waals surface area (Å²) in [6.07, 6.45) is 0. The first kappa shape index (κ1) is 13.1. The Kier molecular flexibility index (Phi) is 3.39. The van der Waals surface area contributed by atoms with Crippen LogP contribution in [0.4, 0.5) is 0 Å². The average Bonchev–Trinajstić information content (AvgIpc) is 2.71. The highest BCUT2D eigenvalue weighted by Gasteiger charge is 2.14. The van der Waals surface area contributed by atoms with Crippen molar-refractivity contribution >= 4 is 57.0 Å². The van der Waals surface area contributed by atoms with E-state index < -0.39 is 0 Å².